The molecule has 0 radical (unpaired) electrons. The molecule has 1 saturated carbocycles. The van der Waals surface area contributed by atoms with Crippen LogP contribution in [0.15, 0.2) is 0 Å². The zero-order valence-electron chi connectivity index (χ0n) is 12.0. The van der Waals surface area contributed by atoms with E-state index in [1.165, 1.54) is 25.7 Å². The topological polar surface area (TPSA) is 55.9 Å². The third-order valence-corrected chi connectivity index (χ3v) is 4.05. The maximum absolute atomic E-state index is 6.16. The fourth-order valence-corrected chi connectivity index (χ4v) is 2.78. The maximum Gasteiger partial charge on any atom is 0.148 e. The molecule has 1 aliphatic carbocycles. The van der Waals surface area contributed by atoms with Crippen LogP contribution in [0.4, 0.5) is 11.5 Å². The predicted octanol–water partition coefficient (Wildman–Crippen LogP) is 3.35. The summed E-state index contributed by atoms with van der Waals surface area (Å²) >= 11 is 0. The van der Waals surface area contributed by atoms with E-state index in [2.05, 4.69) is 31.2 Å². The highest BCUT2D eigenvalue weighted by molar-refractivity contribution is 5.65. The lowest BCUT2D eigenvalue weighted by Crippen LogP contribution is -2.31. The highest BCUT2D eigenvalue weighted by Gasteiger charge is 2.24. The Bertz CT molecular complexity index is 408. The molecule has 0 bridgehead atoms. The SMILES string of the molecule is Cc1nn(C(C)C)c(NC2CCCCC2C)c1N. The Balaban J connectivity index is 2.22. The summed E-state index contributed by atoms with van der Waals surface area (Å²) in [5.41, 5.74) is 7.89. The first-order valence-electron chi connectivity index (χ1n) is 7.11. The van der Waals surface area contributed by atoms with Crippen LogP contribution in [-0.2, 0) is 0 Å². The van der Waals surface area contributed by atoms with Gasteiger partial charge in [0.15, 0.2) is 0 Å². The summed E-state index contributed by atoms with van der Waals surface area (Å²) in [6.07, 6.45) is 5.23. The molecule has 0 saturated heterocycles. The van der Waals surface area contributed by atoms with Crippen LogP contribution in [-0.4, -0.2) is 15.8 Å². The second-order valence-corrected chi connectivity index (χ2v) is 5.90. The molecule has 1 fully saturated rings. The number of aryl methyl sites for hydroxylation is 1. The number of nitrogens with zero attached hydrogens (tertiary/aromatic N) is 2. The second kappa shape index (κ2) is 5.21. The molecular formula is C14H26N4. The van der Waals surface area contributed by atoms with Crippen molar-refractivity contribution in [3.63, 3.8) is 0 Å². The van der Waals surface area contributed by atoms with Gasteiger partial charge in [0.1, 0.15) is 5.82 Å². The molecule has 1 aromatic heterocycles. The van der Waals surface area contributed by atoms with Crippen LogP contribution in [0.3, 0.4) is 0 Å². The lowest BCUT2D eigenvalue weighted by molar-refractivity contribution is 0.347. The van der Waals surface area contributed by atoms with E-state index in [9.17, 15) is 0 Å². The average molecular weight is 250 g/mol. The number of nitrogens with one attached hydrogen (secondary N) is 1. The van der Waals surface area contributed by atoms with Crippen molar-refractivity contribution in [3.05, 3.63) is 5.69 Å². The molecule has 1 aromatic rings. The fourth-order valence-electron chi connectivity index (χ4n) is 2.78. The molecule has 2 unspecified atom stereocenters. The summed E-state index contributed by atoms with van der Waals surface area (Å²) in [5, 5.41) is 8.17. The lowest BCUT2D eigenvalue weighted by Gasteiger charge is -2.31. The summed E-state index contributed by atoms with van der Waals surface area (Å²) in [7, 11) is 0. The monoisotopic (exact) mass is 250 g/mol. The minimum absolute atomic E-state index is 0.336. The molecule has 0 aromatic carbocycles. The van der Waals surface area contributed by atoms with Gasteiger partial charge in [0.2, 0.25) is 0 Å². The van der Waals surface area contributed by atoms with Crippen LogP contribution in [0.1, 0.15) is 58.2 Å². The van der Waals surface area contributed by atoms with Crippen LogP contribution in [0.5, 0.6) is 0 Å². The normalized spacial score (nSPS) is 24.5. The molecule has 1 aliphatic rings. The van der Waals surface area contributed by atoms with Crippen LogP contribution < -0.4 is 11.1 Å². The van der Waals surface area contributed by atoms with Crippen molar-refractivity contribution < 1.29 is 0 Å². The highest BCUT2D eigenvalue weighted by atomic mass is 15.4. The molecule has 4 nitrogen and oxygen atoms in total. The minimum Gasteiger partial charge on any atom is -0.394 e. The van der Waals surface area contributed by atoms with Gasteiger partial charge in [0.05, 0.1) is 11.4 Å². The second-order valence-electron chi connectivity index (χ2n) is 5.90. The van der Waals surface area contributed by atoms with Gasteiger partial charge in [-0.05, 0) is 39.5 Å². The molecule has 1 heterocycles. The van der Waals surface area contributed by atoms with Gasteiger partial charge in [-0.25, -0.2) is 4.68 Å². The van der Waals surface area contributed by atoms with Crippen molar-refractivity contribution in [2.75, 3.05) is 11.1 Å². The molecule has 0 aliphatic heterocycles. The van der Waals surface area contributed by atoms with Crippen molar-refractivity contribution in [2.45, 2.75) is 65.5 Å². The Labute approximate surface area is 110 Å². The van der Waals surface area contributed by atoms with Crippen LogP contribution >= 0.6 is 0 Å². The Kier molecular flexibility index (Phi) is 3.83. The number of nitrogen functional groups attached to an aromatic ring is 1. The summed E-state index contributed by atoms with van der Waals surface area (Å²) in [5.74, 6) is 1.73. The third kappa shape index (κ3) is 2.47. The zero-order valence-corrected chi connectivity index (χ0v) is 12.0. The smallest absolute Gasteiger partial charge is 0.148 e. The first-order valence-corrected chi connectivity index (χ1v) is 7.11. The summed E-state index contributed by atoms with van der Waals surface area (Å²) in [6, 6.07) is 0.872. The van der Waals surface area contributed by atoms with Crippen LogP contribution in [0, 0.1) is 12.8 Å². The van der Waals surface area contributed by atoms with E-state index in [0.717, 1.165) is 17.2 Å². The molecule has 4 heteroatoms. The van der Waals surface area contributed by atoms with Crippen molar-refractivity contribution in [3.8, 4) is 0 Å². The number of nitrogens with two attached hydrogens (primary N) is 1. The molecule has 2 atom stereocenters. The highest BCUT2D eigenvalue weighted by Crippen LogP contribution is 2.31. The molecular weight excluding hydrogens is 224 g/mol. The maximum atomic E-state index is 6.16. The quantitative estimate of drug-likeness (QED) is 0.865. The van der Waals surface area contributed by atoms with Gasteiger partial charge in [0, 0.05) is 12.1 Å². The average Bonchev–Trinajstić information content (AvgIpc) is 2.60. The van der Waals surface area contributed by atoms with Crippen molar-refractivity contribution in [2.24, 2.45) is 5.92 Å². The Morgan fingerprint density at radius 2 is 2.00 bits per heavy atom. The first kappa shape index (κ1) is 13.2. The molecule has 3 N–H and O–H groups in total. The summed E-state index contributed by atoms with van der Waals surface area (Å²) < 4.78 is 2.02. The number of anilines is 2. The van der Waals surface area contributed by atoms with E-state index in [1.807, 2.05) is 11.6 Å². The molecule has 102 valence electrons. The van der Waals surface area contributed by atoms with E-state index in [1.54, 1.807) is 0 Å². The van der Waals surface area contributed by atoms with Gasteiger partial charge in [-0.1, -0.05) is 19.8 Å². The van der Waals surface area contributed by atoms with Crippen molar-refractivity contribution in [1.82, 2.24) is 9.78 Å². The minimum atomic E-state index is 0.336. The lowest BCUT2D eigenvalue weighted by atomic mass is 9.86. The Hall–Kier alpha value is -1.19. The van der Waals surface area contributed by atoms with E-state index in [0.29, 0.717) is 18.0 Å². The number of rotatable bonds is 3. The summed E-state index contributed by atoms with van der Waals surface area (Å²) in [6.45, 7) is 8.59. The number of hydrogen-bond acceptors (Lipinski definition) is 3. The van der Waals surface area contributed by atoms with E-state index >= 15 is 0 Å². The van der Waals surface area contributed by atoms with Crippen molar-refractivity contribution >= 4 is 11.5 Å². The van der Waals surface area contributed by atoms with E-state index < -0.39 is 0 Å². The largest absolute Gasteiger partial charge is 0.394 e. The third-order valence-electron chi connectivity index (χ3n) is 4.05. The van der Waals surface area contributed by atoms with Crippen molar-refractivity contribution in [1.29, 1.82) is 0 Å². The molecule has 2 rings (SSSR count). The van der Waals surface area contributed by atoms with Crippen LogP contribution in [0.2, 0.25) is 0 Å². The summed E-state index contributed by atoms with van der Waals surface area (Å²) in [4.78, 5) is 0. The van der Waals surface area contributed by atoms with E-state index in [-0.39, 0.29) is 0 Å². The number of hydrogen-bond donors (Lipinski definition) is 2. The van der Waals surface area contributed by atoms with E-state index in [4.69, 9.17) is 5.73 Å². The Morgan fingerprint density at radius 3 is 2.61 bits per heavy atom. The fraction of sp³-hybridized carbons (Fsp3) is 0.786. The van der Waals surface area contributed by atoms with Crippen LogP contribution in [0.25, 0.3) is 0 Å². The standard InChI is InChI=1S/C14H26N4/c1-9(2)18-14(13(15)11(4)17-18)16-12-8-6-5-7-10(12)3/h9-10,12,16H,5-8,15H2,1-4H3. The first-order chi connectivity index (χ1) is 8.50. The van der Waals surface area contributed by atoms with Gasteiger partial charge >= 0.3 is 0 Å². The zero-order chi connectivity index (χ0) is 13.3. The van der Waals surface area contributed by atoms with Gasteiger partial charge in [-0.15, -0.1) is 0 Å². The van der Waals surface area contributed by atoms with Gasteiger partial charge in [-0.3, -0.25) is 0 Å². The predicted molar refractivity (Wildman–Crippen MR) is 76.8 cm³/mol. The Morgan fingerprint density at radius 1 is 1.33 bits per heavy atom. The molecule has 0 amide bonds. The van der Waals surface area contributed by atoms with Gasteiger partial charge in [0.25, 0.3) is 0 Å². The molecule has 0 spiro atoms. The van der Waals surface area contributed by atoms with Gasteiger partial charge in [-0.2, -0.15) is 5.10 Å². The number of aromatic nitrogens is 2. The van der Waals surface area contributed by atoms with Gasteiger partial charge < -0.3 is 11.1 Å². The molecule has 18 heavy (non-hydrogen) atoms.